The van der Waals surface area contributed by atoms with Gasteiger partial charge in [0.25, 0.3) is 0 Å². The number of aryl methyl sites for hydroxylation is 1. The number of fused-ring (bicyclic) bond motifs is 11. The molecule has 5 aromatic rings. The third-order valence-corrected chi connectivity index (χ3v) is 14.1. The lowest BCUT2D eigenvalue weighted by Gasteiger charge is -2.44. The van der Waals surface area contributed by atoms with Crippen molar-refractivity contribution in [2.24, 2.45) is 17.3 Å². The Balaban J connectivity index is 1.34. The Morgan fingerprint density at radius 2 is 1.41 bits per heavy atom. The molecule has 1 fully saturated rings. The van der Waals surface area contributed by atoms with E-state index in [9.17, 15) is 0 Å². The molecule has 0 bridgehead atoms. The van der Waals surface area contributed by atoms with E-state index in [0.29, 0.717) is 17.3 Å². The van der Waals surface area contributed by atoms with Crippen LogP contribution in [0, 0.1) is 24.2 Å². The van der Waals surface area contributed by atoms with Gasteiger partial charge in [-0.05, 0) is 121 Å². The van der Waals surface area contributed by atoms with Crippen LogP contribution >= 0.6 is 11.8 Å². The molecular formula is C50H54O3S. The fourth-order valence-corrected chi connectivity index (χ4v) is 12.0. The van der Waals surface area contributed by atoms with E-state index < -0.39 is 5.60 Å². The van der Waals surface area contributed by atoms with Crippen molar-refractivity contribution in [1.29, 1.82) is 0 Å². The Labute approximate surface area is 326 Å². The molecule has 0 amide bonds. The first-order valence-electron chi connectivity index (χ1n) is 20.1. The molecule has 54 heavy (non-hydrogen) atoms. The maximum Gasteiger partial charge on any atom is 0.178 e. The summed E-state index contributed by atoms with van der Waals surface area (Å²) in [4.78, 5) is 0.935. The van der Waals surface area contributed by atoms with Crippen molar-refractivity contribution in [2.45, 2.75) is 108 Å². The molecule has 1 saturated carbocycles. The largest absolute Gasteiger partial charge is 0.497 e. The Bertz CT molecular complexity index is 2270. The fraction of sp³-hybridized carbons (Fsp3) is 0.400. The third-order valence-electron chi connectivity index (χ3n) is 12.8. The molecule has 1 unspecified atom stereocenters. The molecule has 5 aromatic carbocycles. The molecule has 3 nitrogen and oxygen atoms in total. The van der Waals surface area contributed by atoms with Crippen molar-refractivity contribution in [3.8, 4) is 28.4 Å². The Kier molecular flexibility index (Phi) is 8.36. The second-order valence-corrected chi connectivity index (χ2v) is 19.6. The molecule has 4 heteroatoms. The summed E-state index contributed by atoms with van der Waals surface area (Å²) in [6, 6.07) is 31.4. The summed E-state index contributed by atoms with van der Waals surface area (Å²) in [6.45, 7) is 16.3. The zero-order chi connectivity index (χ0) is 37.6. The van der Waals surface area contributed by atoms with Crippen LogP contribution in [0.4, 0.5) is 0 Å². The van der Waals surface area contributed by atoms with Gasteiger partial charge < -0.3 is 14.2 Å². The van der Waals surface area contributed by atoms with Crippen LogP contribution in [0.5, 0.6) is 17.2 Å². The van der Waals surface area contributed by atoms with Crippen LogP contribution in [-0.2, 0) is 11.0 Å². The number of benzene rings is 5. The first kappa shape index (κ1) is 35.5. The van der Waals surface area contributed by atoms with Crippen LogP contribution in [0.25, 0.3) is 28.0 Å². The minimum Gasteiger partial charge on any atom is -0.497 e. The molecule has 1 atom stereocenters. The van der Waals surface area contributed by atoms with Crippen molar-refractivity contribution >= 4 is 28.6 Å². The van der Waals surface area contributed by atoms with Crippen LogP contribution in [0.2, 0.25) is 0 Å². The number of rotatable bonds is 7. The van der Waals surface area contributed by atoms with E-state index in [1.54, 1.807) is 7.11 Å². The Hall–Kier alpha value is -4.15. The number of hydrogen-bond donors (Lipinski definition) is 0. The van der Waals surface area contributed by atoms with Crippen LogP contribution < -0.4 is 14.2 Å². The van der Waals surface area contributed by atoms with Gasteiger partial charge in [0.15, 0.2) is 10.5 Å². The van der Waals surface area contributed by atoms with Gasteiger partial charge >= 0.3 is 0 Å². The minimum absolute atomic E-state index is 0.0783. The summed E-state index contributed by atoms with van der Waals surface area (Å²) < 4.78 is 20.6. The smallest absolute Gasteiger partial charge is 0.178 e. The van der Waals surface area contributed by atoms with Crippen molar-refractivity contribution in [1.82, 2.24) is 0 Å². The average molecular weight is 735 g/mol. The van der Waals surface area contributed by atoms with Crippen LogP contribution in [-0.4, -0.2) is 12.0 Å². The summed E-state index contributed by atoms with van der Waals surface area (Å²) >= 11 is 1.93. The van der Waals surface area contributed by atoms with Crippen LogP contribution in [0.1, 0.15) is 113 Å². The van der Waals surface area contributed by atoms with Crippen molar-refractivity contribution < 1.29 is 14.2 Å². The number of methoxy groups -OCH3 is 1. The summed E-state index contributed by atoms with van der Waals surface area (Å²) in [5.41, 5.74) is 9.75. The minimum atomic E-state index is -0.830. The summed E-state index contributed by atoms with van der Waals surface area (Å²) in [7, 11) is 1.72. The molecular weight excluding hydrogens is 681 g/mol. The predicted molar refractivity (Wildman–Crippen MR) is 225 cm³/mol. The normalized spacial score (nSPS) is 21.1. The quantitative estimate of drug-likeness (QED) is 0.166. The lowest BCUT2D eigenvalue weighted by Crippen LogP contribution is -2.37. The van der Waals surface area contributed by atoms with Gasteiger partial charge in [-0.1, -0.05) is 126 Å². The maximum absolute atomic E-state index is 7.78. The number of thioether (sulfide) groups is 1. The lowest BCUT2D eigenvalue weighted by molar-refractivity contribution is 0.122. The first-order chi connectivity index (χ1) is 25.9. The first-order valence-corrected chi connectivity index (χ1v) is 20.9. The molecule has 2 aliphatic heterocycles. The van der Waals surface area contributed by atoms with Gasteiger partial charge in [-0.25, -0.2) is 0 Å². The van der Waals surface area contributed by atoms with Crippen molar-refractivity contribution in [2.75, 3.05) is 7.11 Å². The standard InChI is InChI=1S/C50H54O3S/c1-31(2)29-49(30-32(3)4)52-42-27-39-40(28-43(42)54-49)46-38(45-44(39)37-11-9-10-12-41(37)48(45)25-23-47(6,7)24-26-48)21-22-50(53-46,34-15-13-33(5)14-16-34)35-17-19-36(51-8)20-18-35/h9-22,27-28,31-32H,23-26,29-30H2,1-8H3. The summed E-state index contributed by atoms with van der Waals surface area (Å²) in [6.07, 6.45) is 11.4. The molecule has 1 spiro atoms. The van der Waals surface area contributed by atoms with E-state index in [-0.39, 0.29) is 10.3 Å². The molecule has 2 heterocycles. The van der Waals surface area contributed by atoms with Crippen molar-refractivity contribution in [3.63, 3.8) is 0 Å². The van der Waals surface area contributed by atoms with Gasteiger partial charge in [0, 0.05) is 27.5 Å². The van der Waals surface area contributed by atoms with E-state index in [2.05, 4.69) is 146 Å². The van der Waals surface area contributed by atoms with E-state index >= 15 is 0 Å². The van der Waals surface area contributed by atoms with E-state index in [0.717, 1.165) is 54.1 Å². The molecule has 9 rings (SSSR count). The molecule has 278 valence electrons. The second-order valence-electron chi connectivity index (χ2n) is 18.2. The Morgan fingerprint density at radius 1 is 0.759 bits per heavy atom. The molecule has 0 aromatic heterocycles. The highest BCUT2D eigenvalue weighted by atomic mass is 32.2. The third kappa shape index (κ3) is 5.53. The van der Waals surface area contributed by atoms with Crippen LogP contribution in [0.3, 0.4) is 0 Å². The number of ether oxygens (including phenoxy) is 3. The summed E-state index contributed by atoms with van der Waals surface area (Å²) in [5.74, 6) is 3.87. The van der Waals surface area contributed by atoms with Gasteiger partial charge in [-0.15, -0.1) is 0 Å². The zero-order valence-electron chi connectivity index (χ0n) is 33.3. The van der Waals surface area contributed by atoms with E-state index in [4.69, 9.17) is 14.2 Å². The molecule has 2 aliphatic carbocycles. The van der Waals surface area contributed by atoms with E-state index in [1.165, 1.54) is 61.9 Å². The molecule has 0 radical (unpaired) electrons. The topological polar surface area (TPSA) is 27.7 Å². The molecule has 0 saturated heterocycles. The highest BCUT2D eigenvalue weighted by Gasteiger charge is 2.51. The highest BCUT2D eigenvalue weighted by molar-refractivity contribution is 8.00. The molecule has 0 N–H and O–H groups in total. The van der Waals surface area contributed by atoms with Gasteiger partial charge in [0.1, 0.15) is 17.2 Å². The van der Waals surface area contributed by atoms with Crippen LogP contribution in [0.15, 0.2) is 95.9 Å². The summed E-state index contributed by atoms with van der Waals surface area (Å²) in [5, 5.41) is 2.41. The second kappa shape index (κ2) is 12.7. The monoisotopic (exact) mass is 734 g/mol. The fourth-order valence-electron chi connectivity index (χ4n) is 10.2. The highest BCUT2D eigenvalue weighted by Crippen LogP contribution is 2.65. The molecule has 4 aliphatic rings. The van der Waals surface area contributed by atoms with Gasteiger partial charge in [-0.3, -0.25) is 0 Å². The van der Waals surface area contributed by atoms with E-state index in [1.807, 2.05) is 11.8 Å². The Morgan fingerprint density at radius 3 is 2.06 bits per heavy atom. The van der Waals surface area contributed by atoms with Crippen molar-refractivity contribution in [3.05, 3.63) is 124 Å². The SMILES string of the molecule is COc1ccc(C2(c3ccc(C)cc3)C=Cc3c4c(c5cc6c(cc5c3O2)SC(CC(C)C)(CC(C)C)O6)-c2ccccc2C42CCC(C)(C)CC2)cc1. The van der Waals surface area contributed by atoms with Gasteiger partial charge in [-0.2, -0.15) is 0 Å². The number of hydrogen-bond acceptors (Lipinski definition) is 4. The average Bonchev–Trinajstić information content (AvgIpc) is 3.63. The van der Waals surface area contributed by atoms with Gasteiger partial charge in [0.2, 0.25) is 0 Å². The predicted octanol–water partition coefficient (Wildman–Crippen LogP) is 13.6. The van der Waals surface area contributed by atoms with Gasteiger partial charge in [0.05, 0.1) is 12.0 Å². The maximum atomic E-state index is 7.78. The zero-order valence-corrected chi connectivity index (χ0v) is 34.1. The lowest BCUT2D eigenvalue weighted by atomic mass is 9.60.